The number of hydrogen-bond acceptors (Lipinski definition) is 7. The second-order valence-corrected chi connectivity index (χ2v) is 20.4. The predicted molar refractivity (Wildman–Crippen MR) is 266 cm³/mol. The van der Waals surface area contributed by atoms with Crippen molar-refractivity contribution in [3.63, 3.8) is 0 Å². The summed E-state index contributed by atoms with van der Waals surface area (Å²) < 4.78 is 0. The first-order valence-electron chi connectivity index (χ1n) is 25.8. The zero-order valence-electron chi connectivity index (χ0n) is 40.1. The van der Waals surface area contributed by atoms with Crippen molar-refractivity contribution in [3.05, 3.63) is 143 Å². The quantitative estimate of drug-likeness (QED) is 0.0574. The number of unbranched alkanes of at least 4 members (excludes halogenated alkanes) is 7. The molecular weight excluding hydrogens is 881 g/mol. The van der Waals surface area contributed by atoms with Crippen molar-refractivity contribution < 1.29 is 33.9 Å². The molecule has 13 nitrogen and oxygen atoms in total. The van der Waals surface area contributed by atoms with E-state index in [-0.39, 0.29) is 104 Å². The normalized spacial score (nSPS) is 26.2. The Labute approximate surface area is 411 Å². The van der Waals surface area contributed by atoms with Gasteiger partial charge in [-0.15, -0.1) is 0 Å². The van der Waals surface area contributed by atoms with Crippen molar-refractivity contribution in [1.29, 1.82) is 0 Å². The molecule has 368 valence electrons. The van der Waals surface area contributed by atoms with Crippen LogP contribution in [0, 0.1) is 23.7 Å². The zero-order valence-corrected chi connectivity index (χ0v) is 40.1. The molecule has 0 bridgehead atoms. The molecule has 2 saturated heterocycles. The maximum atomic E-state index is 14.2. The van der Waals surface area contributed by atoms with Gasteiger partial charge in [-0.05, 0) is 73.1 Å². The molecule has 2 aliphatic heterocycles. The van der Waals surface area contributed by atoms with Crippen LogP contribution in [0.1, 0.15) is 126 Å². The molecule has 5 fully saturated rings. The van der Waals surface area contributed by atoms with Crippen LogP contribution < -0.4 is 21.3 Å². The van der Waals surface area contributed by atoms with E-state index in [0.29, 0.717) is 17.7 Å². The van der Waals surface area contributed by atoms with E-state index in [0.717, 1.165) is 87.3 Å². The largest absolute Gasteiger partial charge is 0.396 e. The fourth-order valence-corrected chi connectivity index (χ4v) is 10.9. The summed E-state index contributed by atoms with van der Waals surface area (Å²) in [4.78, 5) is 87.2. The summed E-state index contributed by atoms with van der Waals surface area (Å²) >= 11 is 0. The van der Waals surface area contributed by atoms with Gasteiger partial charge >= 0.3 is 0 Å². The van der Waals surface area contributed by atoms with Crippen molar-refractivity contribution in [2.24, 2.45) is 23.7 Å². The van der Waals surface area contributed by atoms with E-state index < -0.39 is 23.7 Å². The summed E-state index contributed by atoms with van der Waals surface area (Å²) in [6.07, 6.45) is 10.6. The van der Waals surface area contributed by atoms with Gasteiger partial charge in [-0.1, -0.05) is 130 Å². The van der Waals surface area contributed by atoms with Crippen LogP contribution in [-0.2, 0) is 19.2 Å². The van der Waals surface area contributed by atoms with Gasteiger partial charge in [-0.2, -0.15) is 0 Å². The maximum Gasteiger partial charge on any atom is 0.253 e. The minimum Gasteiger partial charge on any atom is -0.396 e. The molecule has 4 aromatic rings. The van der Waals surface area contributed by atoms with Gasteiger partial charge in [0.1, 0.15) is 0 Å². The van der Waals surface area contributed by atoms with E-state index in [1.165, 1.54) is 0 Å². The summed E-state index contributed by atoms with van der Waals surface area (Å²) in [6, 6.07) is 36.5. The third-order valence-electron chi connectivity index (χ3n) is 15.4. The third kappa shape index (κ3) is 12.0. The van der Waals surface area contributed by atoms with E-state index in [1.54, 1.807) is 34.1 Å². The van der Waals surface area contributed by atoms with Crippen molar-refractivity contribution in [3.8, 4) is 0 Å². The average molecular weight is 949 g/mol. The number of benzene rings is 4. The zero-order chi connectivity index (χ0) is 48.6. The van der Waals surface area contributed by atoms with E-state index in [9.17, 15) is 28.8 Å². The Hall–Kier alpha value is -6.34. The van der Waals surface area contributed by atoms with E-state index >= 15 is 0 Å². The Bertz CT molecular complexity index is 2380. The molecule has 0 radical (unpaired) electrons. The highest BCUT2D eigenvalue weighted by Crippen LogP contribution is 2.43. The Balaban J connectivity index is 0.825. The lowest BCUT2D eigenvalue weighted by atomic mass is 9.94. The Morgan fingerprint density at radius 1 is 0.414 bits per heavy atom. The molecule has 10 atom stereocenters. The van der Waals surface area contributed by atoms with E-state index in [1.807, 2.05) is 54.6 Å². The number of rotatable bonds is 22. The van der Waals surface area contributed by atoms with Crippen molar-refractivity contribution >= 4 is 35.4 Å². The van der Waals surface area contributed by atoms with Gasteiger partial charge in [-0.3, -0.25) is 28.8 Å². The molecule has 2 heterocycles. The number of likely N-dealkylation sites (tertiary alicyclic amines) is 2. The number of amides is 6. The van der Waals surface area contributed by atoms with Crippen molar-refractivity contribution in [2.45, 2.75) is 107 Å². The number of carbonyl (C=O) groups is 6. The van der Waals surface area contributed by atoms with Gasteiger partial charge in [0, 0.05) is 86.3 Å². The van der Waals surface area contributed by atoms with E-state index in [4.69, 9.17) is 5.11 Å². The summed E-state index contributed by atoms with van der Waals surface area (Å²) in [5.74, 6) is -3.87. The molecule has 13 heteroatoms. The molecular formula is C57H68N6O7. The standard InChI is InChI=1S/C57H68N6O7/c64-29-17-6-4-2-1-3-5-16-28-58-52(65)45-33-62(34-46(45)53(66)59-49-30-42(49)37-18-10-7-11-19-37)56(69)40-24-26-41(27-25-40)57(70)63-35-47(54(67)60-50-31-43(50)38-20-12-8-13-21-38)48(36-63)55(68)61-51-32-44(51)39-22-14-9-15-23-39/h7-15,18-27,42-51,64H,1-6,16-17,28-36H2,(H,58,65)(H,59,66)(H,60,67)(H,61,68)/t42-,43-,44-,45-,46-,47-,48-,49+,50+,51+/m1/s1. The highest BCUT2D eigenvalue weighted by molar-refractivity contribution is 6.00. The minimum absolute atomic E-state index is 0.0302. The highest BCUT2D eigenvalue weighted by atomic mass is 16.3. The number of aliphatic hydroxyl groups excluding tert-OH is 1. The molecule has 4 aromatic carbocycles. The predicted octanol–water partition coefficient (Wildman–Crippen LogP) is 6.31. The first kappa shape index (κ1) is 48.7. The molecule has 9 rings (SSSR count). The second kappa shape index (κ2) is 22.6. The number of aliphatic hydroxyl groups is 1. The van der Waals surface area contributed by atoms with Crippen LogP contribution in [0.3, 0.4) is 0 Å². The number of hydrogen-bond donors (Lipinski definition) is 5. The molecule has 0 unspecified atom stereocenters. The van der Waals surface area contributed by atoms with Gasteiger partial charge in [-0.25, -0.2) is 0 Å². The second-order valence-electron chi connectivity index (χ2n) is 20.4. The molecule has 3 aliphatic carbocycles. The monoisotopic (exact) mass is 949 g/mol. The lowest BCUT2D eigenvalue weighted by molar-refractivity contribution is -0.133. The van der Waals surface area contributed by atoms with Gasteiger partial charge < -0.3 is 36.2 Å². The molecule has 0 aromatic heterocycles. The van der Waals surface area contributed by atoms with Gasteiger partial charge in [0.15, 0.2) is 0 Å². The Morgan fingerprint density at radius 2 is 0.729 bits per heavy atom. The summed E-state index contributed by atoms with van der Waals surface area (Å²) in [6.45, 7) is 1.07. The fourth-order valence-electron chi connectivity index (χ4n) is 10.9. The van der Waals surface area contributed by atoms with Gasteiger partial charge in [0.2, 0.25) is 23.6 Å². The topological polar surface area (TPSA) is 177 Å². The summed E-state index contributed by atoms with van der Waals surface area (Å²) in [7, 11) is 0. The molecule has 5 aliphatic rings. The van der Waals surface area contributed by atoms with E-state index in [2.05, 4.69) is 57.7 Å². The van der Waals surface area contributed by atoms with Crippen molar-refractivity contribution in [2.75, 3.05) is 39.3 Å². The highest BCUT2D eigenvalue weighted by Gasteiger charge is 2.50. The average Bonchev–Trinajstić information content (AvgIpc) is 4.36. The van der Waals surface area contributed by atoms with Gasteiger partial charge in [0.25, 0.3) is 11.8 Å². The Morgan fingerprint density at radius 3 is 1.07 bits per heavy atom. The molecule has 3 saturated carbocycles. The smallest absolute Gasteiger partial charge is 0.253 e. The summed E-state index contributed by atoms with van der Waals surface area (Å²) in [5.41, 5.74) is 4.13. The third-order valence-corrected chi connectivity index (χ3v) is 15.4. The van der Waals surface area contributed by atoms with Crippen LogP contribution in [0.2, 0.25) is 0 Å². The minimum atomic E-state index is -0.733. The van der Waals surface area contributed by atoms with Crippen LogP contribution in [0.15, 0.2) is 115 Å². The fraction of sp³-hybridized carbons (Fsp3) is 0.474. The number of carbonyl (C=O) groups excluding carboxylic acids is 6. The van der Waals surface area contributed by atoms with Crippen LogP contribution in [0.4, 0.5) is 0 Å². The SMILES string of the molecule is O=C(NCCCCCCCCCCO)[C@@H]1CN(C(=O)c2ccc(C(=O)N3C[C@@H](C(=O)N[C@H]4C[C@@H]4c4ccccc4)[C@H](C(=O)N[C@H]4C[C@@H]4c4ccccc4)C3)cc2)C[C@H]1C(=O)N[C@H]1C[C@@H]1c1ccccc1. The lowest BCUT2D eigenvalue weighted by Gasteiger charge is -2.18. The van der Waals surface area contributed by atoms with Crippen LogP contribution in [0.5, 0.6) is 0 Å². The van der Waals surface area contributed by atoms with Gasteiger partial charge in [0.05, 0.1) is 23.7 Å². The number of nitrogens with one attached hydrogen (secondary N) is 4. The molecule has 5 N–H and O–H groups in total. The molecule has 70 heavy (non-hydrogen) atoms. The number of nitrogens with zero attached hydrogens (tertiary/aromatic N) is 2. The first-order chi connectivity index (χ1) is 34.2. The molecule has 6 amide bonds. The first-order valence-corrected chi connectivity index (χ1v) is 25.8. The van der Waals surface area contributed by atoms with Crippen LogP contribution in [-0.4, -0.2) is 108 Å². The van der Waals surface area contributed by atoms with Crippen molar-refractivity contribution in [1.82, 2.24) is 31.1 Å². The molecule has 0 spiro atoms. The van der Waals surface area contributed by atoms with Crippen LogP contribution >= 0.6 is 0 Å². The van der Waals surface area contributed by atoms with Crippen LogP contribution in [0.25, 0.3) is 0 Å². The lowest BCUT2D eigenvalue weighted by Crippen LogP contribution is -2.43. The Kier molecular flexibility index (Phi) is 15.7. The summed E-state index contributed by atoms with van der Waals surface area (Å²) in [5, 5.41) is 21.6. The maximum absolute atomic E-state index is 14.2.